The zero-order chi connectivity index (χ0) is 25.5. The van der Waals surface area contributed by atoms with E-state index in [1.165, 1.54) is 36.7 Å². The van der Waals surface area contributed by atoms with Crippen LogP contribution in [-0.2, 0) is 0 Å². The number of urea groups is 1. The molecule has 0 aliphatic rings. The number of carbonyl (C=O) groups excluding carboxylic acids is 1. The van der Waals surface area contributed by atoms with Crippen LogP contribution in [0, 0.1) is 20.2 Å². The van der Waals surface area contributed by atoms with Gasteiger partial charge in [0.15, 0.2) is 0 Å². The van der Waals surface area contributed by atoms with E-state index in [0.29, 0.717) is 34.2 Å². The monoisotopic (exact) mass is 488 g/mol. The number of hydrogen-bond donors (Lipinski definition) is 2. The van der Waals surface area contributed by atoms with Gasteiger partial charge in [-0.1, -0.05) is 0 Å². The molecule has 0 aliphatic heterocycles. The van der Waals surface area contributed by atoms with E-state index in [4.69, 9.17) is 8.83 Å². The van der Waals surface area contributed by atoms with E-state index >= 15 is 0 Å². The molecule has 2 aromatic heterocycles. The summed E-state index contributed by atoms with van der Waals surface area (Å²) in [4.78, 5) is 32.3. The van der Waals surface area contributed by atoms with Crippen molar-refractivity contribution in [2.45, 2.75) is 0 Å². The zero-order valence-electron chi connectivity index (χ0n) is 18.2. The molecule has 0 saturated carbocycles. The highest BCUT2D eigenvalue weighted by Crippen LogP contribution is 2.25. The van der Waals surface area contributed by atoms with Crippen LogP contribution >= 0.6 is 0 Å². The molecule has 0 fully saturated rings. The minimum atomic E-state index is -0.716. The fourth-order valence-electron chi connectivity index (χ4n) is 2.98. The van der Waals surface area contributed by atoms with Crippen LogP contribution in [0.25, 0.3) is 22.6 Å². The number of nitrogens with zero attached hydrogens (tertiary/aromatic N) is 4. The van der Waals surface area contributed by atoms with Crippen molar-refractivity contribution >= 4 is 29.8 Å². The number of amides is 2. The number of nitro benzene ring substituents is 2. The van der Waals surface area contributed by atoms with Crippen molar-refractivity contribution in [3.05, 3.63) is 105 Å². The van der Waals surface area contributed by atoms with Crippen LogP contribution in [0.3, 0.4) is 0 Å². The molecule has 0 spiro atoms. The van der Waals surface area contributed by atoms with Crippen molar-refractivity contribution in [3.8, 4) is 22.6 Å². The molecule has 2 N–H and O–H groups in total. The van der Waals surface area contributed by atoms with E-state index in [9.17, 15) is 25.0 Å². The van der Waals surface area contributed by atoms with Gasteiger partial charge in [0.1, 0.15) is 23.0 Å². The van der Waals surface area contributed by atoms with Crippen molar-refractivity contribution in [3.63, 3.8) is 0 Å². The molecule has 2 amide bonds. The summed E-state index contributed by atoms with van der Waals surface area (Å²) in [6, 6.07) is 17.6. The van der Waals surface area contributed by atoms with E-state index in [1.807, 2.05) is 0 Å². The number of nitro groups is 2. The average molecular weight is 488 g/mol. The van der Waals surface area contributed by atoms with Gasteiger partial charge in [-0.25, -0.2) is 15.6 Å². The lowest BCUT2D eigenvalue weighted by Crippen LogP contribution is -2.28. The Hall–Kier alpha value is -5.59. The second kappa shape index (κ2) is 10.6. The van der Waals surface area contributed by atoms with Gasteiger partial charge < -0.3 is 8.83 Å². The fourth-order valence-corrected chi connectivity index (χ4v) is 2.98. The first-order chi connectivity index (χ1) is 17.4. The number of carbonyl (C=O) groups is 1. The predicted molar refractivity (Wildman–Crippen MR) is 128 cm³/mol. The highest BCUT2D eigenvalue weighted by Gasteiger charge is 2.09. The zero-order valence-corrected chi connectivity index (χ0v) is 18.2. The Kier molecular flexibility index (Phi) is 6.91. The van der Waals surface area contributed by atoms with Crippen LogP contribution in [0.1, 0.15) is 11.5 Å². The summed E-state index contributed by atoms with van der Waals surface area (Å²) in [7, 11) is 0. The van der Waals surface area contributed by atoms with Crippen LogP contribution in [0.4, 0.5) is 16.2 Å². The number of non-ortho nitro benzene ring substituents is 2. The van der Waals surface area contributed by atoms with Crippen molar-refractivity contribution in [2.24, 2.45) is 10.2 Å². The van der Waals surface area contributed by atoms with Gasteiger partial charge in [0, 0.05) is 35.4 Å². The van der Waals surface area contributed by atoms with Gasteiger partial charge in [-0.15, -0.1) is 0 Å². The van der Waals surface area contributed by atoms with Gasteiger partial charge in [0.05, 0.1) is 22.3 Å². The normalized spacial score (nSPS) is 11.1. The van der Waals surface area contributed by atoms with Gasteiger partial charge in [-0.2, -0.15) is 10.2 Å². The van der Waals surface area contributed by atoms with Gasteiger partial charge in [-0.3, -0.25) is 20.2 Å². The lowest BCUT2D eigenvalue weighted by molar-refractivity contribution is -0.385. The van der Waals surface area contributed by atoms with E-state index in [0.717, 1.165) is 0 Å². The molecule has 180 valence electrons. The molecule has 2 aromatic carbocycles. The van der Waals surface area contributed by atoms with Crippen LogP contribution in [0.15, 0.2) is 91.8 Å². The highest BCUT2D eigenvalue weighted by molar-refractivity contribution is 5.82. The first-order valence-electron chi connectivity index (χ1n) is 10.2. The Morgan fingerprint density at radius 2 is 1.06 bits per heavy atom. The number of nitrogens with one attached hydrogen (secondary N) is 2. The summed E-state index contributed by atoms with van der Waals surface area (Å²) >= 11 is 0. The Morgan fingerprint density at radius 1 is 0.667 bits per heavy atom. The molecule has 4 rings (SSSR count). The third-order valence-electron chi connectivity index (χ3n) is 4.69. The summed E-state index contributed by atoms with van der Waals surface area (Å²) in [5, 5.41) is 29.0. The van der Waals surface area contributed by atoms with Crippen LogP contribution in [-0.4, -0.2) is 28.3 Å². The first-order valence-corrected chi connectivity index (χ1v) is 10.2. The Labute approximate surface area is 202 Å². The molecule has 0 bridgehead atoms. The standard InChI is InChI=1S/C23H16N6O7/c30-23(26-24-13-19-9-11-21(35-19)15-1-5-17(6-2-15)28(31)32)27-25-14-20-10-12-22(36-20)16-3-7-18(8-4-16)29(33)34/h1-14H,(H2,26,27,30)/b24-13+,25-14+. The third kappa shape index (κ3) is 5.85. The molecule has 4 aromatic rings. The number of benzene rings is 2. The van der Waals surface area contributed by atoms with E-state index in [2.05, 4.69) is 21.1 Å². The molecule has 13 nitrogen and oxygen atoms in total. The highest BCUT2D eigenvalue weighted by atomic mass is 16.6. The van der Waals surface area contributed by atoms with E-state index < -0.39 is 15.9 Å². The SMILES string of the molecule is O=C(N/N=C/c1ccc(-c2ccc([N+](=O)[O-])cc2)o1)N/N=C/c1ccc(-c2ccc([N+](=O)[O-])cc2)o1. The van der Waals surface area contributed by atoms with Gasteiger partial charge in [0.2, 0.25) is 0 Å². The number of furan rings is 2. The number of hydrazone groups is 2. The second-order valence-electron chi connectivity index (χ2n) is 7.08. The number of hydrogen-bond acceptors (Lipinski definition) is 9. The summed E-state index contributed by atoms with van der Waals surface area (Å²) < 4.78 is 11.2. The molecule has 13 heteroatoms. The Morgan fingerprint density at radius 3 is 1.42 bits per heavy atom. The quantitative estimate of drug-likeness (QED) is 0.205. The van der Waals surface area contributed by atoms with Crippen molar-refractivity contribution in [2.75, 3.05) is 0 Å². The van der Waals surface area contributed by atoms with E-state index in [1.54, 1.807) is 48.5 Å². The first kappa shape index (κ1) is 23.6. The molecule has 0 unspecified atom stereocenters. The molecular weight excluding hydrogens is 472 g/mol. The molecule has 0 radical (unpaired) electrons. The van der Waals surface area contributed by atoms with Gasteiger partial charge in [-0.05, 0) is 48.5 Å². The molecular formula is C23H16N6O7. The molecule has 0 aliphatic carbocycles. The van der Waals surface area contributed by atoms with Crippen molar-refractivity contribution in [1.29, 1.82) is 0 Å². The van der Waals surface area contributed by atoms with Crippen molar-refractivity contribution in [1.82, 2.24) is 10.9 Å². The van der Waals surface area contributed by atoms with Crippen molar-refractivity contribution < 1.29 is 23.5 Å². The lowest BCUT2D eigenvalue weighted by Gasteiger charge is -1.97. The maximum Gasteiger partial charge on any atom is 0.355 e. The second-order valence-corrected chi connectivity index (χ2v) is 7.08. The average Bonchev–Trinajstić information content (AvgIpc) is 3.54. The lowest BCUT2D eigenvalue weighted by atomic mass is 10.1. The number of rotatable bonds is 8. The molecule has 36 heavy (non-hydrogen) atoms. The minimum Gasteiger partial charge on any atom is -0.455 e. The smallest absolute Gasteiger partial charge is 0.355 e. The van der Waals surface area contributed by atoms with Gasteiger partial charge in [0.25, 0.3) is 11.4 Å². The van der Waals surface area contributed by atoms with E-state index in [-0.39, 0.29) is 11.4 Å². The molecule has 0 saturated heterocycles. The maximum absolute atomic E-state index is 11.8. The fraction of sp³-hybridized carbons (Fsp3) is 0. The van der Waals surface area contributed by atoms with Crippen LogP contribution in [0.2, 0.25) is 0 Å². The Bertz CT molecular complexity index is 1340. The summed E-state index contributed by atoms with van der Waals surface area (Å²) in [6.45, 7) is 0. The maximum atomic E-state index is 11.8. The van der Waals surface area contributed by atoms with Crippen LogP contribution in [0.5, 0.6) is 0 Å². The minimum absolute atomic E-state index is 0.0260. The topological polar surface area (TPSA) is 178 Å². The molecule has 2 heterocycles. The largest absolute Gasteiger partial charge is 0.455 e. The summed E-state index contributed by atoms with van der Waals surface area (Å²) in [6.07, 6.45) is 2.56. The van der Waals surface area contributed by atoms with Crippen LogP contribution < -0.4 is 10.9 Å². The molecule has 0 atom stereocenters. The summed E-state index contributed by atoms with van der Waals surface area (Å²) in [5.74, 6) is 1.65. The third-order valence-corrected chi connectivity index (χ3v) is 4.69. The predicted octanol–water partition coefficient (Wildman–Crippen LogP) is 4.69. The van der Waals surface area contributed by atoms with Gasteiger partial charge >= 0.3 is 6.03 Å². The Balaban J connectivity index is 1.26. The summed E-state index contributed by atoms with van der Waals surface area (Å²) in [5.41, 5.74) is 5.68.